The Morgan fingerprint density at radius 1 is 0.903 bits per heavy atom. The summed E-state index contributed by atoms with van der Waals surface area (Å²) in [4.78, 5) is 71.4. The number of nitrogens with zero attached hydrogens (tertiary/aromatic N) is 6. The number of hydrogen-bond donors (Lipinski definition) is 4. The van der Waals surface area contributed by atoms with Crippen molar-refractivity contribution in [3.8, 4) is 11.1 Å². The highest BCUT2D eigenvalue weighted by Gasteiger charge is 2.30. The lowest BCUT2D eigenvalue weighted by Gasteiger charge is -2.35. The molecule has 0 radical (unpaired) electrons. The van der Waals surface area contributed by atoms with Gasteiger partial charge in [-0.2, -0.15) is 0 Å². The van der Waals surface area contributed by atoms with E-state index in [1.54, 1.807) is 38.6 Å². The second-order valence-electron chi connectivity index (χ2n) is 16.0. The third-order valence-electron chi connectivity index (χ3n) is 12.1. The van der Waals surface area contributed by atoms with Crippen LogP contribution in [0.2, 0.25) is 0 Å². The molecule has 3 aliphatic heterocycles. The molecule has 324 valence electrons. The number of pyridine rings is 1. The average Bonchev–Trinajstić information content (AvgIpc) is 3.72. The second kappa shape index (κ2) is 18.6. The zero-order valence-corrected chi connectivity index (χ0v) is 35.3. The fourth-order valence-corrected chi connectivity index (χ4v) is 9.03. The Morgan fingerprint density at radius 3 is 2.29 bits per heavy atom. The summed E-state index contributed by atoms with van der Waals surface area (Å²) in [7, 11) is 1.57. The highest BCUT2D eigenvalue weighted by Crippen LogP contribution is 2.32. The quantitative estimate of drug-likeness (QED) is 0.0898. The monoisotopic (exact) mass is 866 g/mol. The topological polar surface area (TPSA) is 186 Å². The molecule has 3 fully saturated rings. The van der Waals surface area contributed by atoms with E-state index in [0.717, 1.165) is 56.6 Å². The Hall–Kier alpha value is -5.98. The molecule has 2 aromatic carbocycles. The van der Waals surface area contributed by atoms with Crippen LogP contribution in [0.3, 0.4) is 0 Å². The van der Waals surface area contributed by atoms with E-state index < -0.39 is 40.2 Å². The molecule has 6 heterocycles. The number of hydrogen-bond acceptors (Lipinski definition) is 10. The zero-order chi connectivity index (χ0) is 43.5. The van der Waals surface area contributed by atoms with Gasteiger partial charge in [-0.15, -0.1) is 0 Å². The molecule has 3 amide bonds. The van der Waals surface area contributed by atoms with E-state index in [-0.39, 0.29) is 34.9 Å². The Morgan fingerprint density at radius 2 is 1.60 bits per heavy atom. The van der Waals surface area contributed by atoms with Gasteiger partial charge in [0.25, 0.3) is 0 Å². The molecule has 3 aromatic heterocycles. The number of carbonyl (C=O) groups excluding carboxylic acids is 4. The number of anilines is 2. The first-order valence-electron chi connectivity index (χ1n) is 20.9. The van der Waals surface area contributed by atoms with E-state index in [1.807, 2.05) is 17.0 Å². The van der Waals surface area contributed by atoms with Crippen LogP contribution in [0, 0.1) is 11.6 Å². The van der Waals surface area contributed by atoms with Crippen LogP contribution in [-0.2, 0) is 25.6 Å². The lowest BCUT2D eigenvalue weighted by atomic mass is 9.89. The number of H-pyrrole nitrogens is 1. The summed E-state index contributed by atoms with van der Waals surface area (Å²) in [6, 6.07) is 11.5. The standard InChI is InChI=1S/C44H48F2N10O5S/c1-3-54(2)62(61)53-35-9-8-34(45)39(40(35)46)41(59)33-24-50-43-32(33)20-29(21-49-43)30-22-47-42(48-23-30)28-14-18-56(19-15-28)38(58)25-55-16-12-27(13-17-55)26-4-6-31(7-5-26)51-36-10-11-37(57)52-44(36)60/h4-9,20-24,27-28,36,51,53H,3,10-19,25H2,1-2H3,(H,49,50)(H,52,57,60). The smallest absolute Gasteiger partial charge is 0.249 e. The molecule has 4 N–H and O–H groups in total. The molecule has 8 rings (SSSR count). The molecule has 2 atom stereocenters. The van der Waals surface area contributed by atoms with Crippen molar-refractivity contribution in [3.05, 3.63) is 101 Å². The fourth-order valence-electron chi connectivity index (χ4n) is 8.30. The van der Waals surface area contributed by atoms with Crippen LogP contribution in [0.4, 0.5) is 20.2 Å². The van der Waals surface area contributed by atoms with Gasteiger partial charge >= 0.3 is 0 Å². The molecule has 3 saturated heterocycles. The minimum atomic E-state index is -1.80. The van der Waals surface area contributed by atoms with E-state index in [2.05, 4.69) is 52.3 Å². The van der Waals surface area contributed by atoms with Crippen molar-refractivity contribution in [1.82, 2.24) is 39.4 Å². The molecule has 0 spiro atoms. The Labute approximate surface area is 359 Å². The van der Waals surface area contributed by atoms with Crippen molar-refractivity contribution in [2.75, 3.05) is 56.4 Å². The number of amides is 3. The van der Waals surface area contributed by atoms with Gasteiger partial charge in [0, 0.05) is 91.6 Å². The van der Waals surface area contributed by atoms with Gasteiger partial charge in [-0.1, -0.05) is 19.1 Å². The number of piperidine rings is 3. The molecule has 0 bridgehead atoms. The zero-order valence-electron chi connectivity index (χ0n) is 34.5. The molecule has 18 heteroatoms. The molecule has 15 nitrogen and oxygen atoms in total. The lowest BCUT2D eigenvalue weighted by Crippen LogP contribution is -2.47. The lowest BCUT2D eigenvalue weighted by molar-refractivity contribution is -0.134. The third kappa shape index (κ3) is 9.27. The number of aromatic amines is 1. The number of benzene rings is 2. The minimum absolute atomic E-state index is 0.0182. The molecule has 0 saturated carbocycles. The van der Waals surface area contributed by atoms with Crippen LogP contribution < -0.4 is 15.4 Å². The third-order valence-corrected chi connectivity index (χ3v) is 13.4. The van der Waals surface area contributed by atoms with Crippen molar-refractivity contribution in [3.63, 3.8) is 0 Å². The van der Waals surface area contributed by atoms with Crippen molar-refractivity contribution in [2.45, 2.75) is 63.3 Å². The summed E-state index contributed by atoms with van der Waals surface area (Å²) in [5, 5.41) is 5.96. The van der Waals surface area contributed by atoms with Crippen LogP contribution in [0.5, 0.6) is 0 Å². The van der Waals surface area contributed by atoms with E-state index >= 15 is 8.78 Å². The van der Waals surface area contributed by atoms with Gasteiger partial charge in [-0.3, -0.25) is 34.1 Å². The van der Waals surface area contributed by atoms with Gasteiger partial charge in [-0.25, -0.2) is 32.2 Å². The number of ketones is 1. The van der Waals surface area contributed by atoms with Crippen molar-refractivity contribution >= 4 is 57.1 Å². The number of nitrogens with one attached hydrogen (secondary N) is 4. The Balaban J connectivity index is 0.828. The van der Waals surface area contributed by atoms with Crippen LogP contribution in [-0.4, -0.2) is 114 Å². The average molecular weight is 867 g/mol. The van der Waals surface area contributed by atoms with Crippen molar-refractivity contribution in [2.24, 2.45) is 0 Å². The predicted octanol–water partition coefficient (Wildman–Crippen LogP) is 5.27. The van der Waals surface area contributed by atoms with Crippen molar-refractivity contribution < 1.29 is 32.2 Å². The van der Waals surface area contributed by atoms with Gasteiger partial charge < -0.3 is 15.2 Å². The van der Waals surface area contributed by atoms with Crippen LogP contribution in [0.15, 0.2) is 67.3 Å². The fraction of sp³-hybridized carbons (Fsp3) is 0.386. The summed E-state index contributed by atoms with van der Waals surface area (Å²) in [6.07, 6.45) is 10.5. The second-order valence-corrected chi connectivity index (χ2v) is 17.4. The molecular weight excluding hydrogens is 819 g/mol. The van der Waals surface area contributed by atoms with E-state index in [0.29, 0.717) is 72.9 Å². The minimum Gasteiger partial charge on any atom is -0.374 e. The normalized spacial score (nSPS) is 18.5. The van der Waals surface area contributed by atoms with Crippen molar-refractivity contribution in [1.29, 1.82) is 0 Å². The first-order valence-corrected chi connectivity index (χ1v) is 22.0. The maximum absolute atomic E-state index is 15.6. The summed E-state index contributed by atoms with van der Waals surface area (Å²) in [6.45, 7) is 5.46. The predicted molar refractivity (Wildman–Crippen MR) is 230 cm³/mol. The van der Waals surface area contributed by atoms with Gasteiger partial charge in [0.15, 0.2) is 17.0 Å². The van der Waals surface area contributed by atoms with Gasteiger partial charge in [0.1, 0.15) is 23.3 Å². The van der Waals surface area contributed by atoms with Crippen LogP contribution >= 0.6 is 0 Å². The molecule has 62 heavy (non-hydrogen) atoms. The molecule has 0 aliphatic carbocycles. The highest BCUT2D eigenvalue weighted by molar-refractivity contribution is 7.84. The van der Waals surface area contributed by atoms with Gasteiger partial charge in [0.2, 0.25) is 23.5 Å². The number of imide groups is 1. The number of carbonyl (C=O) groups is 4. The molecular formula is C44H48F2N10O5S. The summed E-state index contributed by atoms with van der Waals surface area (Å²) in [5.41, 5.74) is 2.66. The summed E-state index contributed by atoms with van der Waals surface area (Å²) < 4.78 is 47.0. The first-order chi connectivity index (χ1) is 29.9. The van der Waals surface area contributed by atoms with E-state index in [4.69, 9.17) is 0 Å². The van der Waals surface area contributed by atoms with Crippen LogP contribution in [0.25, 0.3) is 22.2 Å². The first kappa shape index (κ1) is 42.7. The molecule has 2 unspecified atom stereocenters. The number of rotatable bonds is 13. The number of fused-ring (bicyclic) bond motifs is 1. The van der Waals surface area contributed by atoms with Gasteiger partial charge in [-0.05, 0) is 87.0 Å². The number of likely N-dealkylation sites (tertiary alicyclic amines) is 2. The Kier molecular flexibility index (Phi) is 12.8. The van der Waals surface area contributed by atoms with Crippen LogP contribution in [0.1, 0.15) is 84.6 Å². The largest absolute Gasteiger partial charge is 0.374 e. The Bertz CT molecular complexity index is 2500. The van der Waals surface area contributed by atoms with Gasteiger partial charge in [0.05, 0.1) is 17.8 Å². The SMILES string of the molecule is CCN(C)S(=O)Nc1ccc(F)c(C(=O)c2c[nH]c3ncc(-c4cnc(C5CCN(C(=O)CN6CCC(c7ccc(NC8CCC(=O)NC8=O)cc7)CC6)CC5)nc4)cc23)c1F. The van der Waals surface area contributed by atoms with E-state index in [9.17, 15) is 23.4 Å². The maximum atomic E-state index is 15.6. The maximum Gasteiger partial charge on any atom is 0.249 e. The highest BCUT2D eigenvalue weighted by atomic mass is 32.2. The number of halogens is 2. The summed E-state index contributed by atoms with van der Waals surface area (Å²) >= 11 is -1.80. The number of aromatic nitrogens is 4. The molecule has 5 aromatic rings. The summed E-state index contributed by atoms with van der Waals surface area (Å²) in [5.74, 6) is -2.34. The molecule has 3 aliphatic rings. The van der Waals surface area contributed by atoms with E-state index in [1.165, 1.54) is 16.1 Å².